The number of carbonyl (C=O) groups excluding carboxylic acids is 2. The zero-order valence-corrected chi connectivity index (χ0v) is 18.3. The van der Waals surface area contributed by atoms with Crippen LogP contribution in [0.3, 0.4) is 0 Å². The quantitative estimate of drug-likeness (QED) is 0.445. The summed E-state index contributed by atoms with van der Waals surface area (Å²) in [5, 5.41) is 21.4. The van der Waals surface area contributed by atoms with Crippen LogP contribution < -0.4 is 5.32 Å². The van der Waals surface area contributed by atoms with E-state index in [1.807, 2.05) is 5.32 Å². The summed E-state index contributed by atoms with van der Waals surface area (Å²) in [5.41, 5.74) is -6.11. The molecule has 2 aliphatic carbocycles. The zero-order valence-electron chi connectivity index (χ0n) is 15.2. The first-order chi connectivity index (χ1) is 14.8. The Morgan fingerprint density at radius 1 is 0.812 bits per heavy atom. The number of aliphatic hydroxyl groups is 2. The minimum atomic E-state index is -4.28. The van der Waals surface area contributed by atoms with Gasteiger partial charge in [-0.15, -0.1) is 0 Å². The maximum Gasteiger partial charge on any atom is 0.292 e. The van der Waals surface area contributed by atoms with E-state index in [2.05, 4.69) is 0 Å². The number of fused-ring (bicyclic) bond motifs is 1. The molecule has 0 spiro atoms. The van der Waals surface area contributed by atoms with Crippen molar-refractivity contribution >= 4 is 63.7 Å². The molecule has 0 saturated heterocycles. The minimum absolute atomic E-state index is 0.226. The van der Waals surface area contributed by atoms with Crippen molar-refractivity contribution in [1.29, 1.82) is 0 Å². The topological polar surface area (TPSA) is 86.6 Å². The van der Waals surface area contributed by atoms with Gasteiger partial charge in [0.25, 0.3) is 11.7 Å². The van der Waals surface area contributed by atoms with Crippen molar-refractivity contribution in [3.63, 3.8) is 0 Å². The molecule has 2 unspecified atom stereocenters. The van der Waals surface area contributed by atoms with E-state index in [1.54, 1.807) is 0 Å². The molecule has 2 aromatic carbocycles. The molecule has 0 bridgehead atoms. The molecule has 0 aromatic heterocycles. The molecule has 4 rings (SSSR count). The Morgan fingerprint density at radius 2 is 1.25 bits per heavy atom. The number of rotatable bonds is 2. The van der Waals surface area contributed by atoms with Gasteiger partial charge in [0.15, 0.2) is 17.4 Å². The van der Waals surface area contributed by atoms with E-state index in [-0.39, 0.29) is 15.6 Å². The number of hydrogen-bond acceptors (Lipinski definition) is 5. The van der Waals surface area contributed by atoms with E-state index in [1.165, 1.54) is 12.1 Å². The smallest absolute Gasteiger partial charge is 0.292 e. The number of alkyl halides is 2. The van der Waals surface area contributed by atoms with Crippen LogP contribution in [0.5, 0.6) is 0 Å². The Balaban J connectivity index is 1.96. The molecule has 0 fully saturated rings. The van der Waals surface area contributed by atoms with Crippen LogP contribution in [0, 0.1) is 0 Å². The van der Waals surface area contributed by atoms with Crippen LogP contribution in [0.15, 0.2) is 53.0 Å². The highest BCUT2D eigenvalue weighted by Gasteiger charge is 2.61. The number of benzene rings is 2. The molecule has 0 saturated carbocycles. The van der Waals surface area contributed by atoms with Gasteiger partial charge in [-0.2, -0.15) is 8.78 Å². The zero-order chi connectivity index (χ0) is 23.7. The maximum absolute atomic E-state index is 15.7. The number of nitrogens with one attached hydrogen (secondary N) is 1. The molecule has 0 heterocycles. The lowest BCUT2D eigenvalue weighted by Gasteiger charge is -2.38. The highest BCUT2D eigenvalue weighted by molar-refractivity contribution is 6.50. The molecule has 2 atom stereocenters. The van der Waals surface area contributed by atoms with Gasteiger partial charge in [0.1, 0.15) is 5.70 Å². The Bertz CT molecular complexity index is 1280. The molecule has 2 aliphatic rings. The van der Waals surface area contributed by atoms with Crippen molar-refractivity contribution in [2.24, 2.45) is 0 Å². The first kappa shape index (κ1) is 23.1. The summed E-state index contributed by atoms with van der Waals surface area (Å²) in [6.45, 7) is 0. The normalized spacial score (nSPS) is 25.2. The van der Waals surface area contributed by atoms with Crippen LogP contribution in [-0.4, -0.2) is 33.5 Å². The monoisotopic (exact) mass is 523 g/mol. The van der Waals surface area contributed by atoms with Gasteiger partial charge in [-0.25, -0.2) is 4.39 Å². The Labute approximate surface area is 197 Å². The molecule has 12 heteroatoms. The summed E-state index contributed by atoms with van der Waals surface area (Å²) in [6.07, 6.45) is 0. The first-order valence-electron chi connectivity index (χ1n) is 8.58. The molecule has 32 heavy (non-hydrogen) atoms. The predicted molar refractivity (Wildman–Crippen MR) is 112 cm³/mol. The number of hydrogen-bond donors (Lipinski definition) is 3. The van der Waals surface area contributed by atoms with E-state index < -0.39 is 67.2 Å². The van der Waals surface area contributed by atoms with Crippen LogP contribution in [0.4, 0.5) is 18.9 Å². The Hall–Kier alpha value is -2.07. The van der Waals surface area contributed by atoms with E-state index in [0.717, 1.165) is 18.2 Å². The van der Waals surface area contributed by atoms with Crippen molar-refractivity contribution in [1.82, 2.24) is 0 Å². The van der Waals surface area contributed by atoms with Crippen LogP contribution in [-0.2, 0) is 0 Å². The van der Waals surface area contributed by atoms with Crippen molar-refractivity contribution in [3.05, 3.63) is 84.2 Å². The van der Waals surface area contributed by atoms with Gasteiger partial charge in [-0.05, 0) is 6.07 Å². The number of halogens is 7. The third-order valence-electron chi connectivity index (χ3n) is 4.99. The molecule has 0 radical (unpaired) electrons. The number of carbonyl (C=O) groups is 2. The molecular weight excluding hydrogens is 517 g/mol. The maximum atomic E-state index is 15.7. The standard InChI is InChI=1S/C20H8Cl4F3NO4/c21-8-5-9(22)13(24)14(12(8)23)28-18-17(25)19(26,31)10-11(20(18,27)32)16(30)7-4-2-1-3-6(7)15(10)29/h1-5,28,31-32H. The Morgan fingerprint density at radius 3 is 1.72 bits per heavy atom. The molecule has 0 amide bonds. The molecule has 166 valence electrons. The fourth-order valence-corrected chi connectivity index (χ4v) is 4.40. The molecule has 5 nitrogen and oxygen atoms in total. The Kier molecular flexibility index (Phi) is 5.40. The summed E-state index contributed by atoms with van der Waals surface area (Å²) < 4.78 is 46.0. The summed E-state index contributed by atoms with van der Waals surface area (Å²) in [6, 6.07) is 6.00. The highest BCUT2D eigenvalue weighted by Crippen LogP contribution is 2.51. The lowest BCUT2D eigenvalue weighted by molar-refractivity contribution is -0.0710. The second-order valence-electron chi connectivity index (χ2n) is 6.86. The first-order valence-corrected chi connectivity index (χ1v) is 10.1. The van der Waals surface area contributed by atoms with Gasteiger partial charge >= 0.3 is 0 Å². The van der Waals surface area contributed by atoms with Crippen molar-refractivity contribution in [3.8, 4) is 0 Å². The lowest BCUT2D eigenvalue weighted by atomic mass is 9.74. The summed E-state index contributed by atoms with van der Waals surface area (Å²) in [7, 11) is 0. The fraction of sp³-hybridized carbons (Fsp3) is 0.100. The molecule has 3 N–H and O–H groups in total. The highest BCUT2D eigenvalue weighted by atomic mass is 35.5. The van der Waals surface area contributed by atoms with Crippen LogP contribution in [0.2, 0.25) is 20.1 Å². The van der Waals surface area contributed by atoms with Gasteiger partial charge in [0, 0.05) is 11.1 Å². The molecule has 0 aliphatic heterocycles. The second-order valence-corrected chi connectivity index (χ2v) is 8.43. The van der Waals surface area contributed by atoms with E-state index in [9.17, 15) is 19.8 Å². The van der Waals surface area contributed by atoms with Crippen molar-refractivity contribution in [2.75, 3.05) is 5.32 Å². The van der Waals surface area contributed by atoms with E-state index in [4.69, 9.17) is 46.4 Å². The van der Waals surface area contributed by atoms with Crippen LogP contribution in [0.1, 0.15) is 20.7 Å². The third-order valence-corrected chi connectivity index (χ3v) is 6.56. The van der Waals surface area contributed by atoms with Gasteiger partial charge in [0.2, 0.25) is 0 Å². The SMILES string of the molecule is O=C1C2=C(C(=O)c3ccccc31)C(O)(F)C(Nc1c(Cl)c(Cl)cc(Cl)c1Cl)=C(F)C2(O)F. The van der Waals surface area contributed by atoms with Gasteiger partial charge < -0.3 is 15.5 Å². The summed E-state index contributed by atoms with van der Waals surface area (Å²) in [4.78, 5) is 25.6. The molecule has 2 aromatic rings. The lowest BCUT2D eigenvalue weighted by Crippen LogP contribution is -2.50. The van der Waals surface area contributed by atoms with Gasteiger partial charge in [0.05, 0.1) is 36.9 Å². The van der Waals surface area contributed by atoms with Crippen molar-refractivity contribution < 1.29 is 33.0 Å². The van der Waals surface area contributed by atoms with Gasteiger partial charge in [-0.3, -0.25) is 9.59 Å². The second kappa shape index (κ2) is 7.48. The third kappa shape index (κ3) is 3.09. The summed E-state index contributed by atoms with van der Waals surface area (Å²) in [5.74, 6) is -13.5. The average molecular weight is 525 g/mol. The van der Waals surface area contributed by atoms with E-state index in [0.29, 0.717) is 0 Å². The van der Waals surface area contributed by atoms with Crippen LogP contribution in [0.25, 0.3) is 0 Å². The van der Waals surface area contributed by atoms with Crippen LogP contribution >= 0.6 is 46.4 Å². The number of anilines is 1. The van der Waals surface area contributed by atoms with E-state index >= 15 is 13.2 Å². The fourth-order valence-electron chi connectivity index (χ4n) is 3.50. The minimum Gasteiger partial charge on any atom is -0.353 e. The average Bonchev–Trinajstić information content (AvgIpc) is 2.73. The number of Topliss-reactive ketones (excluding diaryl/α,β-unsaturated/α-hetero) is 2. The summed E-state index contributed by atoms with van der Waals surface area (Å²) >= 11 is 23.7. The predicted octanol–water partition coefficient (Wildman–Crippen LogP) is 5.60. The van der Waals surface area contributed by atoms with Crippen molar-refractivity contribution in [2.45, 2.75) is 11.7 Å². The van der Waals surface area contributed by atoms with Gasteiger partial charge in [-0.1, -0.05) is 70.7 Å². The molecular formula is C20H8Cl4F3NO4. The number of ketones is 2. The largest absolute Gasteiger partial charge is 0.353 e.